The Labute approximate surface area is 221 Å². The van der Waals surface area contributed by atoms with Crippen molar-refractivity contribution in [2.24, 2.45) is 0 Å². The highest BCUT2D eigenvalue weighted by molar-refractivity contribution is 9.10. The average Bonchev–Trinajstić information content (AvgIpc) is 3.30. The molecular formula is C25H31BrClN3O4S. The number of rotatable bonds is 9. The first-order valence-corrected chi connectivity index (χ1v) is 14.6. The summed E-state index contributed by atoms with van der Waals surface area (Å²) in [6.07, 6.45) is 5.03. The molecule has 0 radical (unpaired) electrons. The van der Waals surface area contributed by atoms with Crippen LogP contribution in [0.3, 0.4) is 0 Å². The van der Waals surface area contributed by atoms with Gasteiger partial charge in [-0.1, -0.05) is 58.6 Å². The van der Waals surface area contributed by atoms with Crippen molar-refractivity contribution in [3.05, 3.63) is 63.1 Å². The predicted molar refractivity (Wildman–Crippen MR) is 143 cm³/mol. The number of amides is 2. The van der Waals surface area contributed by atoms with Crippen LogP contribution >= 0.6 is 27.5 Å². The number of benzene rings is 2. The van der Waals surface area contributed by atoms with Gasteiger partial charge in [0.15, 0.2) is 0 Å². The fraction of sp³-hybridized carbons (Fsp3) is 0.440. The molecule has 190 valence electrons. The second-order valence-corrected chi connectivity index (χ2v) is 12.2. The Hall–Kier alpha value is -2.10. The van der Waals surface area contributed by atoms with Gasteiger partial charge in [0, 0.05) is 22.1 Å². The molecule has 1 aliphatic rings. The number of carbonyl (C=O) groups excluding carboxylic acids is 2. The van der Waals surface area contributed by atoms with Crippen molar-refractivity contribution in [1.82, 2.24) is 10.2 Å². The van der Waals surface area contributed by atoms with Gasteiger partial charge in [0.2, 0.25) is 21.8 Å². The van der Waals surface area contributed by atoms with Gasteiger partial charge in [-0.3, -0.25) is 13.9 Å². The summed E-state index contributed by atoms with van der Waals surface area (Å²) in [4.78, 5) is 28.1. The summed E-state index contributed by atoms with van der Waals surface area (Å²) in [5.41, 5.74) is 1.89. The monoisotopic (exact) mass is 583 g/mol. The van der Waals surface area contributed by atoms with E-state index in [2.05, 4.69) is 21.2 Å². The van der Waals surface area contributed by atoms with E-state index in [9.17, 15) is 18.0 Å². The zero-order valence-corrected chi connectivity index (χ0v) is 23.3. The Morgan fingerprint density at radius 1 is 1.17 bits per heavy atom. The lowest BCUT2D eigenvalue weighted by atomic mass is 10.1. The van der Waals surface area contributed by atoms with E-state index >= 15 is 0 Å². The zero-order chi connectivity index (χ0) is 25.8. The van der Waals surface area contributed by atoms with Crippen LogP contribution in [0.15, 0.2) is 46.9 Å². The van der Waals surface area contributed by atoms with Crippen LogP contribution in [0.1, 0.15) is 43.7 Å². The number of hydrogen-bond donors (Lipinski definition) is 1. The molecule has 0 spiro atoms. The lowest BCUT2D eigenvalue weighted by Crippen LogP contribution is -2.52. The number of hydrogen-bond acceptors (Lipinski definition) is 4. The Morgan fingerprint density at radius 2 is 1.83 bits per heavy atom. The highest BCUT2D eigenvalue weighted by Gasteiger charge is 2.31. The zero-order valence-electron chi connectivity index (χ0n) is 20.1. The van der Waals surface area contributed by atoms with Gasteiger partial charge in [-0.2, -0.15) is 0 Å². The molecule has 1 atom stereocenters. The highest BCUT2D eigenvalue weighted by atomic mass is 79.9. The minimum Gasteiger partial charge on any atom is -0.352 e. The Balaban J connectivity index is 1.90. The van der Waals surface area contributed by atoms with E-state index < -0.39 is 28.5 Å². The average molecular weight is 585 g/mol. The smallest absolute Gasteiger partial charge is 0.244 e. The molecule has 1 N–H and O–H groups in total. The summed E-state index contributed by atoms with van der Waals surface area (Å²) < 4.78 is 27.2. The van der Waals surface area contributed by atoms with Crippen molar-refractivity contribution in [2.75, 3.05) is 17.1 Å². The topological polar surface area (TPSA) is 86.8 Å². The maximum Gasteiger partial charge on any atom is 0.244 e. The standard InChI is InChI=1S/C25H31BrClN3O4S/c1-17-14-21(12-13-22(17)26)30(35(3,33)34)16-24(31)29(15-19-8-4-7-11-23(19)27)18(2)25(32)28-20-9-5-6-10-20/h4,7-8,11-14,18,20H,5-6,9-10,15-16H2,1-3H3,(H,28,32). The number of anilines is 1. The van der Waals surface area contributed by atoms with Gasteiger partial charge in [0.05, 0.1) is 11.9 Å². The molecule has 1 unspecified atom stereocenters. The molecule has 3 rings (SSSR count). The minimum absolute atomic E-state index is 0.0781. The van der Waals surface area contributed by atoms with Gasteiger partial charge in [0.25, 0.3) is 0 Å². The number of nitrogens with one attached hydrogen (secondary N) is 1. The number of nitrogens with zero attached hydrogens (tertiary/aromatic N) is 2. The maximum absolute atomic E-state index is 13.6. The third kappa shape index (κ3) is 7.21. The fourth-order valence-corrected chi connectivity index (χ4v) is 5.47. The van der Waals surface area contributed by atoms with Crippen molar-refractivity contribution < 1.29 is 18.0 Å². The molecule has 0 heterocycles. The molecule has 2 amide bonds. The first kappa shape index (κ1) is 27.5. The van der Waals surface area contributed by atoms with Crippen LogP contribution in [0.2, 0.25) is 5.02 Å². The lowest BCUT2D eigenvalue weighted by molar-refractivity contribution is -0.139. The second-order valence-electron chi connectivity index (χ2n) is 8.98. The van der Waals surface area contributed by atoms with E-state index in [4.69, 9.17) is 11.6 Å². The molecule has 10 heteroatoms. The molecule has 0 aromatic heterocycles. The fourth-order valence-electron chi connectivity index (χ4n) is 4.18. The van der Waals surface area contributed by atoms with E-state index in [1.165, 1.54) is 4.90 Å². The van der Waals surface area contributed by atoms with E-state index in [1.807, 2.05) is 6.92 Å². The lowest BCUT2D eigenvalue weighted by Gasteiger charge is -2.32. The molecule has 1 aliphatic carbocycles. The number of sulfonamides is 1. The third-order valence-electron chi connectivity index (χ3n) is 6.28. The quantitative estimate of drug-likeness (QED) is 0.465. The van der Waals surface area contributed by atoms with Crippen LogP contribution in [0, 0.1) is 6.92 Å². The first-order valence-electron chi connectivity index (χ1n) is 11.5. The van der Waals surface area contributed by atoms with Crippen LogP contribution in [-0.2, 0) is 26.2 Å². The first-order chi connectivity index (χ1) is 16.5. The molecule has 0 bridgehead atoms. The van der Waals surface area contributed by atoms with Gasteiger partial charge in [-0.05, 0) is 62.1 Å². The van der Waals surface area contributed by atoms with Crippen molar-refractivity contribution in [3.63, 3.8) is 0 Å². The summed E-state index contributed by atoms with van der Waals surface area (Å²) in [5, 5.41) is 3.51. The predicted octanol–water partition coefficient (Wildman–Crippen LogP) is 4.65. The van der Waals surface area contributed by atoms with E-state index in [-0.39, 0.29) is 18.5 Å². The second kappa shape index (κ2) is 11.8. The maximum atomic E-state index is 13.6. The van der Waals surface area contributed by atoms with E-state index in [1.54, 1.807) is 49.4 Å². The van der Waals surface area contributed by atoms with Crippen molar-refractivity contribution in [1.29, 1.82) is 0 Å². The van der Waals surface area contributed by atoms with Crippen LogP contribution in [0.4, 0.5) is 5.69 Å². The molecule has 0 saturated heterocycles. The summed E-state index contributed by atoms with van der Waals surface area (Å²) in [5.74, 6) is -0.757. The van der Waals surface area contributed by atoms with E-state index in [0.717, 1.165) is 46.3 Å². The van der Waals surface area contributed by atoms with Crippen LogP contribution in [0.25, 0.3) is 0 Å². The number of aryl methyl sites for hydroxylation is 1. The SMILES string of the molecule is Cc1cc(N(CC(=O)N(Cc2ccccc2Cl)C(C)C(=O)NC2CCCC2)S(C)(=O)=O)ccc1Br. The van der Waals surface area contributed by atoms with Crippen molar-refractivity contribution in [3.8, 4) is 0 Å². The van der Waals surface area contributed by atoms with Gasteiger partial charge in [-0.15, -0.1) is 0 Å². The molecule has 35 heavy (non-hydrogen) atoms. The summed E-state index contributed by atoms with van der Waals surface area (Å²) in [6, 6.07) is 11.5. The van der Waals surface area contributed by atoms with Crippen molar-refractivity contribution in [2.45, 2.75) is 58.2 Å². The van der Waals surface area contributed by atoms with Gasteiger partial charge < -0.3 is 10.2 Å². The Kier molecular flexibility index (Phi) is 9.23. The Bertz CT molecular complexity index is 1180. The van der Waals surface area contributed by atoms with Crippen molar-refractivity contribution >= 4 is 55.1 Å². The molecule has 0 aliphatic heterocycles. The van der Waals surface area contributed by atoms with Crippen LogP contribution in [0.5, 0.6) is 0 Å². The normalized spacial score (nSPS) is 15.0. The largest absolute Gasteiger partial charge is 0.352 e. The van der Waals surface area contributed by atoms with Gasteiger partial charge in [0.1, 0.15) is 12.6 Å². The van der Waals surface area contributed by atoms with Gasteiger partial charge in [-0.25, -0.2) is 8.42 Å². The molecular weight excluding hydrogens is 554 g/mol. The van der Waals surface area contributed by atoms with Crippen LogP contribution < -0.4 is 9.62 Å². The molecule has 1 saturated carbocycles. The molecule has 1 fully saturated rings. The summed E-state index contributed by atoms with van der Waals surface area (Å²) >= 11 is 9.77. The highest BCUT2D eigenvalue weighted by Crippen LogP contribution is 2.26. The van der Waals surface area contributed by atoms with Gasteiger partial charge >= 0.3 is 0 Å². The molecule has 2 aromatic carbocycles. The molecule has 7 nitrogen and oxygen atoms in total. The summed E-state index contributed by atoms with van der Waals surface area (Å²) in [6.45, 7) is 3.14. The Morgan fingerprint density at radius 3 is 2.43 bits per heavy atom. The minimum atomic E-state index is -3.78. The third-order valence-corrected chi connectivity index (χ3v) is 8.68. The number of halogens is 2. The summed E-state index contributed by atoms with van der Waals surface area (Å²) in [7, 11) is -3.78. The number of carbonyl (C=O) groups is 2. The van der Waals surface area contributed by atoms with E-state index in [0.29, 0.717) is 16.3 Å². The molecule has 2 aromatic rings. The van der Waals surface area contributed by atoms with Crippen LogP contribution in [-0.4, -0.2) is 50.0 Å².